The molecule has 0 aromatic heterocycles. The zero-order valence-electron chi connectivity index (χ0n) is 12.2. The summed E-state index contributed by atoms with van der Waals surface area (Å²) in [6.45, 7) is 0.824. The molecule has 5 nitrogen and oxygen atoms in total. The Morgan fingerprint density at radius 1 is 1.29 bits per heavy atom. The molecule has 1 aromatic rings. The topological polar surface area (TPSA) is 69.6 Å². The molecule has 0 saturated carbocycles. The van der Waals surface area contributed by atoms with E-state index >= 15 is 0 Å². The number of piperidine rings is 1. The molecule has 1 atom stereocenters. The zero-order chi connectivity index (χ0) is 15.0. The maximum atomic E-state index is 11.7. The van der Waals surface area contributed by atoms with E-state index in [4.69, 9.17) is 5.21 Å². The van der Waals surface area contributed by atoms with Crippen molar-refractivity contribution in [3.05, 3.63) is 34.9 Å². The fourth-order valence-electron chi connectivity index (χ4n) is 3.71. The summed E-state index contributed by atoms with van der Waals surface area (Å²) in [6.07, 6.45) is 4.51. The van der Waals surface area contributed by atoms with Gasteiger partial charge in [-0.3, -0.25) is 14.8 Å². The predicted molar refractivity (Wildman–Crippen MR) is 77.0 cm³/mol. The van der Waals surface area contributed by atoms with E-state index in [0.717, 1.165) is 32.2 Å². The monoisotopic (exact) mass is 288 g/mol. The van der Waals surface area contributed by atoms with E-state index in [9.17, 15) is 9.59 Å². The van der Waals surface area contributed by atoms with Crippen LogP contribution >= 0.6 is 0 Å². The van der Waals surface area contributed by atoms with Crippen LogP contribution in [0.4, 0.5) is 0 Å². The number of carbonyl (C=O) groups excluding carboxylic acids is 2. The number of nitrogens with one attached hydrogen (secondary N) is 1. The van der Waals surface area contributed by atoms with Crippen molar-refractivity contribution in [1.82, 2.24) is 10.4 Å². The highest BCUT2D eigenvalue weighted by Crippen LogP contribution is 2.42. The molecule has 0 bridgehead atoms. The molecule has 3 rings (SSSR count). The molecule has 112 valence electrons. The van der Waals surface area contributed by atoms with Crippen molar-refractivity contribution in [2.45, 2.75) is 32.1 Å². The second-order valence-electron chi connectivity index (χ2n) is 6.35. The quantitative estimate of drug-likeness (QED) is 0.608. The molecule has 1 aromatic carbocycles. The van der Waals surface area contributed by atoms with Crippen LogP contribution in [0.5, 0.6) is 0 Å². The van der Waals surface area contributed by atoms with Crippen LogP contribution in [0.25, 0.3) is 0 Å². The fraction of sp³-hybridized carbons (Fsp3) is 0.500. The Balaban J connectivity index is 1.83. The highest BCUT2D eigenvalue weighted by atomic mass is 16.5. The van der Waals surface area contributed by atoms with Gasteiger partial charge in [0.15, 0.2) is 0 Å². The van der Waals surface area contributed by atoms with Gasteiger partial charge in [-0.15, -0.1) is 0 Å². The van der Waals surface area contributed by atoms with Crippen molar-refractivity contribution in [3.63, 3.8) is 0 Å². The van der Waals surface area contributed by atoms with Crippen LogP contribution in [0, 0.1) is 5.41 Å². The smallest absolute Gasteiger partial charge is 0.274 e. The number of nitrogens with zero attached hydrogens (tertiary/aromatic N) is 1. The Morgan fingerprint density at radius 2 is 2.05 bits per heavy atom. The summed E-state index contributed by atoms with van der Waals surface area (Å²) < 4.78 is 0. The Labute approximate surface area is 123 Å². The minimum absolute atomic E-state index is 0.191. The molecule has 1 saturated heterocycles. The molecule has 1 aliphatic carbocycles. The van der Waals surface area contributed by atoms with Gasteiger partial charge in [0.25, 0.3) is 5.91 Å². The van der Waals surface area contributed by atoms with Crippen LogP contribution in [0.15, 0.2) is 18.2 Å². The molecule has 2 amide bonds. The molecule has 1 heterocycles. The van der Waals surface area contributed by atoms with Crippen molar-refractivity contribution < 1.29 is 14.8 Å². The molecule has 1 fully saturated rings. The number of fused-ring (bicyclic) bond motifs is 1. The summed E-state index contributed by atoms with van der Waals surface area (Å²) in [5.41, 5.74) is 4.80. The molecule has 1 spiro atoms. The molecule has 0 radical (unpaired) electrons. The third kappa shape index (κ3) is 2.53. The molecule has 1 aliphatic heterocycles. The van der Waals surface area contributed by atoms with Crippen molar-refractivity contribution in [2.24, 2.45) is 5.41 Å². The van der Waals surface area contributed by atoms with Crippen molar-refractivity contribution in [1.29, 1.82) is 0 Å². The number of hydrogen-bond donors (Lipinski definition) is 2. The number of rotatable bonds is 1. The summed E-state index contributed by atoms with van der Waals surface area (Å²) in [5.74, 6) is -0.234. The van der Waals surface area contributed by atoms with E-state index in [-0.39, 0.29) is 11.3 Å². The standard InChI is InChI=1S/C16H20N2O3/c1-18-10-16(7-5-14(18)19)6-4-11-8-12(15(20)17-21)2-3-13(11)9-16/h2-3,8,21H,4-7,9-10H2,1H3,(H,17,20). The molecular weight excluding hydrogens is 268 g/mol. The third-order valence-electron chi connectivity index (χ3n) is 4.93. The van der Waals surface area contributed by atoms with Crippen LogP contribution in [0.1, 0.15) is 40.7 Å². The average molecular weight is 288 g/mol. The van der Waals surface area contributed by atoms with Gasteiger partial charge in [0.2, 0.25) is 5.91 Å². The van der Waals surface area contributed by atoms with E-state index in [2.05, 4.69) is 0 Å². The summed E-state index contributed by atoms with van der Waals surface area (Å²) in [4.78, 5) is 25.0. The Morgan fingerprint density at radius 3 is 2.76 bits per heavy atom. The maximum absolute atomic E-state index is 11.7. The van der Waals surface area contributed by atoms with E-state index in [1.54, 1.807) is 11.5 Å². The lowest BCUT2D eigenvalue weighted by Crippen LogP contribution is -2.47. The van der Waals surface area contributed by atoms with Crippen LogP contribution in [0.3, 0.4) is 0 Å². The van der Waals surface area contributed by atoms with E-state index in [1.165, 1.54) is 11.1 Å². The van der Waals surface area contributed by atoms with Crippen LogP contribution in [-0.4, -0.2) is 35.5 Å². The van der Waals surface area contributed by atoms with Gasteiger partial charge in [-0.25, -0.2) is 5.48 Å². The first-order chi connectivity index (χ1) is 10.0. The Bertz CT molecular complexity index is 599. The van der Waals surface area contributed by atoms with Gasteiger partial charge in [0.05, 0.1) is 0 Å². The third-order valence-corrected chi connectivity index (χ3v) is 4.93. The second kappa shape index (κ2) is 5.15. The van der Waals surface area contributed by atoms with E-state index < -0.39 is 5.91 Å². The number of benzene rings is 1. The predicted octanol–water partition coefficient (Wildman–Crippen LogP) is 1.53. The van der Waals surface area contributed by atoms with Gasteiger partial charge in [0, 0.05) is 25.6 Å². The summed E-state index contributed by atoms with van der Waals surface area (Å²) in [7, 11) is 1.88. The number of aryl methyl sites for hydroxylation is 1. The molecule has 1 unspecified atom stereocenters. The Kier molecular flexibility index (Phi) is 3.45. The van der Waals surface area contributed by atoms with Gasteiger partial charge < -0.3 is 4.90 Å². The highest BCUT2D eigenvalue weighted by molar-refractivity contribution is 5.93. The van der Waals surface area contributed by atoms with Crippen molar-refractivity contribution >= 4 is 11.8 Å². The van der Waals surface area contributed by atoms with E-state index in [0.29, 0.717) is 12.0 Å². The lowest BCUT2D eigenvalue weighted by Gasteiger charge is -2.44. The van der Waals surface area contributed by atoms with Crippen molar-refractivity contribution in [2.75, 3.05) is 13.6 Å². The summed E-state index contributed by atoms with van der Waals surface area (Å²) in [5, 5.41) is 8.71. The van der Waals surface area contributed by atoms with Crippen molar-refractivity contribution in [3.8, 4) is 0 Å². The largest absolute Gasteiger partial charge is 0.345 e. The van der Waals surface area contributed by atoms with Crippen LogP contribution in [-0.2, 0) is 17.6 Å². The van der Waals surface area contributed by atoms with E-state index in [1.807, 2.05) is 24.1 Å². The Hall–Kier alpha value is -1.88. The fourth-order valence-corrected chi connectivity index (χ4v) is 3.71. The first kappa shape index (κ1) is 14.1. The van der Waals surface area contributed by atoms with Gasteiger partial charge in [-0.05, 0) is 54.4 Å². The maximum Gasteiger partial charge on any atom is 0.274 e. The van der Waals surface area contributed by atoms with Gasteiger partial charge in [-0.1, -0.05) is 6.07 Å². The van der Waals surface area contributed by atoms with Gasteiger partial charge >= 0.3 is 0 Å². The lowest BCUT2D eigenvalue weighted by atomic mass is 9.67. The lowest BCUT2D eigenvalue weighted by molar-refractivity contribution is -0.136. The number of amides is 2. The number of carbonyl (C=O) groups is 2. The van der Waals surface area contributed by atoms with Crippen LogP contribution < -0.4 is 5.48 Å². The van der Waals surface area contributed by atoms with Gasteiger partial charge in [-0.2, -0.15) is 0 Å². The first-order valence-corrected chi connectivity index (χ1v) is 7.33. The molecular formula is C16H20N2O3. The highest BCUT2D eigenvalue weighted by Gasteiger charge is 2.39. The summed E-state index contributed by atoms with van der Waals surface area (Å²) >= 11 is 0. The molecule has 5 heteroatoms. The normalized spacial score (nSPS) is 24.9. The number of likely N-dealkylation sites (tertiary alicyclic amines) is 1. The van der Waals surface area contributed by atoms with Gasteiger partial charge in [0.1, 0.15) is 0 Å². The summed E-state index contributed by atoms with van der Waals surface area (Å²) in [6, 6.07) is 5.60. The zero-order valence-corrected chi connectivity index (χ0v) is 12.2. The minimum atomic E-state index is -0.471. The molecule has 2 aliphatic rings. The van der Waals surface area contributed by atoms with Crippen LogP contribution in [0.2, 0.25) is 0 Å². The number of hydroxylamine groups is 1. The molecule has 2 N–H and O–H groups in total. The molecule has 21 heavy (non-hydrogen) atoms. The number of hydrogen-bond acceptors (Lipinski definition) is 3. The SMILES string of the molecule is CN1CC2(CCC1=O)CCc1cc(C(=O)NO)ccc1C2. The second-order valence-corrected chi connectivity index (χ2v) is 6.35. The minimum Gasteiger partial charge on any atom is -0.345 e. The average Bonchev–Trinajstić information content (AvgIpc) is 2.50. The first-order valence-electron chi connectivity index (χ1n) is 7.33.